The molecule has 5 heteroatoms. The van der Waals surface area contributed by atoms with Crippen LogP contribution in [0.5, 0.6) is 5.75 Å². The van der Waals surface area contributed by atoms with Crippen LogP contribution in [0.2, 0.25) is 0 Å². The molecule has 0 bridgehead atoms. The van der Waals surface area contributed by atoms with Crippen LogP contribution in [-0.2, 0) is 22.2 Å². The zero-order valence-electron chi connectivity index (χ0n) is 18.1. The summed E-state index contributed by atoms with van der Waals surface area (Å²) >= 11 is 3.41. The average molecular weight is 458 g/mol. The molecule has 29 heavy (non-hydrogen) atoms. The maximum Gasteiger partial charge on any atom is 0.299 e. The van der Waals surface area contributed by atoms with Crippen molar-refractivity contribution < 1.29 is 14.7 Å². The Labute approximate surface area is 181 Å². The van der Waals surface area contributed by atoms with Crippen molar-refractivity contribution in [1.29, 1.82) is 0 Å². The van der Waals surface area contributed by atoms with Gasteiger partial charge in [0.1, 0.15) is 5.75 Å². The van der Waals surface area contributed by atoms with Crippen molar-refractivity contribution in [2.45, 2.75) is 65.8 Å². The van der Waals surface area contributed by atoms with Crippen LogP contribution in [0.3, 0.4) is 0 Å². The number of ketones is 1. The predicted molar refractivity (Wildman–Crippen MR) is 120 cm³/mol. The van der Waals surface area contributed by atoms with Gasteiger partial charge in [-0.1, -0.05) is 57.5 Å². The lowest BCUT2D eigenvalue weighted by atomic mass is 9.78. The molecule has 0 radical (unpaired) electrons. The van der Waals surface area contributed by atoms with Gasteiger partial charge in [0.15, 0.2) is 0 Å². The van der Waals surface area contributed by atoms with Gasteiger partial charge < -0.3 is 10.0 Å². The molecule has 0 saturated heterocycles. The number of Topliss-reactive ketones (excluding diaryl/α,β-unsaturated/α-hetero) is 1. The lowest BCUT2D eigenvalue weighted by Gasteiger charge is -2.29. The number of phenolic OH excluding ortho intramolecular Hbond substituents is 1. The van der Waals surface area contributed by atoms with Gasteiger partial charge in [-0.3, -0.25) is 9.59 Å². The molecule has 1 aliphatic heterocycles. The van der Waals surface area contributed by atoms with E-state index in [4.69, 9.17) is 0 Å². The van der Waals surface area contributed by atoms with Crippen LogP contribution in [0, 0.1) is 6.92 Å². The van der Waals surface area contributed by atoms with E-state index in [0.29, 0.717) is 17.0 Å². The first-order valence-electron chi connectivity index (χ1n) is 9.75. The number of carbonyl (C=O) groups excluding carboxylic acids is 2. The second-order valence-corrected chi connectivity index (χ2v) is 10.8. The maximum absolute atomic E-state index is 12.8. The summed E-state index contributed by atoms with van der Waals surface area (Å²) in [7, 11) is 0. The molecule has 154 valence electrons. The zero-order valence-corrected chi connectivity index (χ0v) is 19.7. The largest absolute Gasteiger partial charge is 0.507 e. The Morgan fingerprint density at radius 2 is 1.45 bits per heavy atom. The second kappa shape index (κ2) is 6.98. The summed E-state index contributed by atoms with van der Waals surface area (Å²) < 4.78 is 0.784. The molecular weight excluding hydrogens is 430 g/mol. The predicted octanol–water partition coefficient (Wildman–Crippen LogP) is 5.79. The molecule has 1 N–H and O–H groups in total. The molecule has 2 aromatic carbocycles. The van der Waals surface area contributed by atoms with Crippen LogP contribution in [0.1, 0.15) is 74.2 Å². The van der Waals surface area contributed by atoms with Crippen LogP contribution >= 0.6 is 15.9 Å². The fourth-order valence-electron chi connectivity index (χ4n) is 3.87. The zero-order chi connectivity index (χ0) is 21.9. The Morgan fingerprint density at radius 1 is 0.931 bits per heavy atom. The van der Waals surface area contributed by atoms with Gasteiger partial charge in [0.2, 0.25) is 0 Å². The number of nitrogens with zero attached hydrogens (tertiary/aromatic N) is 1. The first kappa shape index (κ1) is 21.6. The molecule has 1 heterocycles. The highest BCUT2D eigenvalue weighted by Crippen LogP contribution is 2.41. The van der Waals surface area contributed by atoms with Crippen molar-refractivity contribution in [1.82, 2.24) is 0 Å². The van der Waals surface area contributed by atoms with Gasteiger partial charge in [-0.2, -0.15) is 0 Å². The number of rotatable bonds is 2. The third kappa shape index (κ3) is 3.85. The van der Waals surface area contributed by atoms with Crippen LogP contribution in [0.15, 0.2) is 28.7 Å². The molecule has 3 rings (SSSR count). The lowest BCUT2D eigenvalue weighted by molar-refractivity contribution is -0.114. The summed E-state index contributed by atoms with van der Waals surface area (Å²) in [6.07, 6.45) is 0. The van der Waals surface area contributed by atoms with Gasteiger partial charge in [-0.25, -0.2) is 0 Å². The summed E-state index contributed by atoms with van der Waals surface area (Å²) in [5.74, 6) is -0.683. The Morgan fingerprint density at radius 3 is 1.93 bits per heavy atom. The van der Waals surface area contributed by atoms with Gasteiger partial charge >= 0.3 is 0 Å². The number of fused-ring (bicyclic) bond motifs is 1. The Hall–Kier alpha value is -2.14. The van der Waals surface area contributed by atoms with Crippen molar-refractivity contribution in [3.63, 3.8) is 0 Å². The molecule has 0 aromatic heterocycles. The van der Waals surface area contributed by atoms with Gasteiger partial charge in [0, 0.05) is 4.47 Å². The number of hydrogen-bond acceptors (Lipinski definition) is 3. The highest BCUT2D eigenvalue weighted by molar-refractivity contribution is 9.10. The van der Waals surface area contributed by atoms with Crippen molar-refractivity contribution in [2.24, 2.45) is 0 Å². The highest BCUT2D eigenvalue weighted by Gasteiger charge is 2.38. The van der Waals surface area contributed by atoms with E-state index >= 15 is 0 Å². The topological polar surface area (TPSA) is 57.6 Å². The van der Waals surface area contributed by atoms with E-state index in [-0.39, 0.29) is 17.4 Å². The minimum Gasteiger partial charge on any atom is -0.507 e. The smallest absolute Gasteiger partial charge is 0.299 e. The van der Waals surface area contributed by atoms with E-state index in [2.05, 4.69) is 57.5 Å². The lowest BCUT2D eigenvalue weighted by Crippen LogP contribution is -2.30. The molecule has 1 amide bonds. The van der Waals surface area contributed by atoms with Crippen molar-refractivity contribution in [3.05, 3.63) is 56.6 Å². The van der Waals surface area contributed by atoms with Crippen molar-refractivity contribution in [3.8, 4) is 5.75 Å². The van der Waals surface area contributed by atoms with Gasteiger partial charge in [0.25, 0.3) is 11.7 Å². The third-order valence-corrected chi connectivity index (χ3v) is 5.80. The minimum absolute atomic E-state index is 0.260. The molecular formula is C24H28BrNO3. The molecule has 0 atom stereocenters. The third-order valence-electron chi connectivity index (χ3n) is 5.35. The number of anilines is 1. The van der Waals surface area contributed by atoms with Gasteiger partial charge in [-0.15, -0.1) is 0 Å². The number of benzene rings is 2. The maximum atomic E-state index is 12.8. The molecule has 2 aromatic rings. The summed E-state index contributed by atoms with van der Waals surface area (Å²) in [4.78, 5) is 26.9. The van der Waals surface area contributed by atoms with Crippen LogP contribution < -0.4 is 4.90 Å². The first-order chi connectivity index (χ1) is 13.2. The van der Waals surface area contributed by atoms with Crippen molar-refractivity contribution in [2.75, 3.05) is 4.90 Å². The standard InChI is InChI=1S/C24H28BrNO3/c1-13-8-15(25)11-16-19(13)26(22(29)20(16)27)12-14-9-17(23(2,3)4)21(28)18(10-14)24(5,6)7/h8-11,28H,12H2,1-7H3. The Balaban J connectivity index is 2.15. The molecule has 0 saturated carbocycles. The van der Waals surface area contributed by atoms with E-state index < -0.39 is 11.7 Å². The fraction of sp³-hybridized carbons (Fsp3) is 0.417. The summed E-state index contributed by atoms with van der Waals surface area (Å²) in [5.41, 5.74) is 4.04. The summed E-state index contributed by atoms with van der Waals surface area (Å²) in [6.45, 7) is 14.5. The number of amides is 1. The fourth-order valence-corrected chi connectivity index (χ4v) is 4.44. The highest BCUT2D eigenvalue weighted by atomic mass is 79.9. The Kier molecular flexibility index (Phi) is 5.19. The minimum atomic E-state index is -0.510. The van der Waals surface area contributed by atoms with E-state index in [9.17, 15) is 14.7 Å². The van der Waals surface area contributed by atoms with Crippen LogP contribution in [0.4, 0.5) is 5.69 Å². The number of aryl methyl sites for hydroxylation is 1. The first-order valence-corrected chi connectivity index (χ1v) is 10.5. The molecule has 0 fully saturated rings. The molecule has 0 aliphatic carbocycles. The molecule has 4 nitrogen and oxygen atoms in total. The summed E-state index contributed by atoms with van der Waals surface area (Å²) in [6, 6.07) is 7.53. The van der Waals surface area contributed by atoms with Gasteiger partial charge in [0.05, 0.1) is 17.8 Å². The van der Waals surface area contributed by atoms with E-state index in [0.717, 1.165) is 26.7 Å². The second-order valence-electron chi connectivity index (χ2n) is 9.88. The average Bonchev–Trinajstić information content (AvgIpc) is 2.79. The monoisotopic (exact) mass is 457 g/mol. The van der Waals surface area contributed by atoms with E-state index in [1.54, 1.807) is 11.0 Å². The van der Waals surface area contributed by atoms with Crippen LogP contribution in [0.25, 0.3) is 0 Å². The van der Waals surface area contributed by atoms with Crippen molar-refractivity contribution >= 4 is 33.3 Å². The van der Waals surface area contributed by atoms with E-state index in [1.807, 2.05) is 25.1 Å². The molecule has 0 unspecified atom stereocenters. The van der Waals surface area contributed by atoms with E-state index in [1.165, 1.54) is 0 Å². The quantitative estimate of drug-likeness (QED) is 0.580. The number of phenols is 1. The number of carbonyl (C=O) groups is 2. The normalized spacial score (nSPS) is 14.6. The Bertz CT molecular complexity index is 991. The number of aromatic hydroxyl groups is 1. The molecule has 0 spiro atoms. The van der Waals surface area contributed by atoms with Gasteiger partial charge in [-0.05, 0) is 64.3 Å². The van der Waals surface area contributed by atoms with Crippen LogP contribution in [-0.4, -0.2) is 16.8 Å². The summed E-state index contributed by atoms with van der Waals surface area (Å²) in [5, 5.41) is 10.9. The number of halogens is 1. The SMILES string of the molecule is Cc1cc(Br)cc2c1N(Cc1cc(C(C)(C)C)c(O)c(C(C)(C)C)c1)C(=O)C2=O. The molecule has 1 aliphatic rings. The number of hydrogen-bond donors (Lipinski definition) is 1.